The number of ether oxygens (including phenoxy) is 2. The van der Waals surface area contributed by atoms with E-state index in [1.807, 2.05) is 19.1 Å². The quantitative estimate of drug-likeness (QED) is 0.771. The zero-order valence-electron chi connectivity index (χ0n) is 14.4. The molecule has 0 aliphatic carbocycles. The molecule has 1 heterocycles. The lowest BCUT2D eigenvalue weighted by atomic mass is 10.1. The number of allylic oxidation sites excluding steroid dienone is 1. The third-order valence-corrected chi connectivity index (χ3v) is 5.68. The van der Waals surface area contributed by atoms with Crippen LogP contribution in [0.2, 0.25) is 0 Å². The van der Waals surface area contributed by atoms with E-state index in [4.69, 9.17) is 9.47 Å². The Bertz CT molecular complexity index is 1040. The Morgan fingerprint density at radius 3 is 2.62 bits per heavy atom. The van der Waals surface area contributed by atoms with Crippen LogP contribution in [0.3, 0.4) is 0 Å². The molecule has 0 bridgehead atoms. The molecule has 0 amide bonds. The number of hydrogen-bond donors (Lipinski definition) is 0. The number of sulfone groups is 1. The molecule has 2 aromatic carbocycles. The molecular weight excluding hydrogens is 350 g/mol. The molecule has 26 heavy (non-hydrogen) atoms. The average molecular weight is 367 g/mol. The summed E-state index contributed by atoms with van der Waals surface area (Å²) < 4.78 is 36.4. The molecule has 0 saturated heterocycles. The predicted octanol–water partition coefficient (Wildman–Crippen LogP) is 3.66. The van der Waals surface area contributed by atoms with Crippen molar-refractivity contribution in [2.45, 2.75) is 11.8 Å². The van der Waals surface area contributed by atoms with E-state index in [0.29, 0.717) is 17.1 Å². The van der Waals surface area contributed by atoms with Crippen molar-refractivity contribution in [3.8, 4) is 17.6 Å². The Morgan fingerprint density at radius 1 is 1.23 bits per heavy atom. The maximum atomic E-state index is 12.7. The fourth-order valence-electron chi connectivity index (χ4n) is 2.62. The number of rotatable bonds is 4. The topological polar surface area (TPSA) is 76.4 Å². The molecule has 0 spiro atoms. The third-order valence-electron chi connectivity index (χ3n) is 4.00. The fourth-order valence-corrected chi connectivity index (χ4v) is 3.80. The average Bonchev–Trinajstić information content (AvgIpc) is 2.65. The van der Waals surface area contributed by atoms with Crippen LogP contribution in [0.1, 0.15) is 11.1 Å². The summed E-state index contributed by atoms with van der Waals surface area (Å²) in [5.74, 6) is 1.21. The van der Waals surface area contributed by atoms with Gasteiger partial charge >= 0.3 is 0 Å². The number of nitrogens with zero attached hydrogens (tertiary/aromatic N) is 1. The third kappa shape index (κ3) is 3.35. The molecule has 132 valence electrons. The molecule has 5 nitrogen and oxygen atoms in total. The van der Waals surface area contributed by atoms with E-state index >= 15 is 0 Å². The van der Waals surface area contributed by atoms with E-state index in [-0.39, 0.29) is 16.4 Å². The van der Waals surface area contributed by atoms with Crippen molar-refractivity contribution in [3.05, 3.63) is 70.1 Å². The van der Waals surface area contributed by atoms with Crippen LogP contribution >= 0.6 is 0 Å². The smallest absolute Gasteiger partial charge is 0.216 e. The highest BCUT2D eigenvalue weighted by Gasteiger charge is 2.22. The second-order valence-corrected chi connectivity index (χ2v) is 7.74. The van der Waals surface area contributed by atoms with Gasteiger partial charge in [0.2, 0.25) is 9.84 Å². The van der Waals surface area contributed by atoms with E-state index in [1.165, 1.54) is 18.2 Å². The second kappa shape index (κ2) is 7.06. The SMILES string of the molecule is COc1cccc2c1OCC(C=C(C#N)S(=O)(=O)c1ccc(C)cc1)=C2. The predicted molar refractivity (Wildman–Crippen MR) is 98.5 cm³/mol. The first-order valence-corrected chi connectivity index (χ1v) is 9.38. The van der Waals surface area contributed by atoms with Gasteiger partial charge in [0, 0.05) is 5.56 Å². The summed E-state index contributed by atoms with van der Waals surface area (Å²) in [6.07, 6.45) is 3.15. The van der Waals surface area contributed by atoms with E-state index in [1.54, 1.807) is 37.5 Å². The number of nitriles is 1. The molecule has 1 aliphatic rings. The van der Waals surface area contributed by atoms with Gasteiger partial charge in [-0.15, -0.1) is 0 Å². The number of benzene rings is 2. The van der Waals surface area contributed by atoms with Gasteiger partial charge < -0.3 is 9.47 Å². The fraction of sp³-hybridized carbons (Fsp3) is 0.150. The van der Waals surface area contributed by atoms with Gasteiger partial charge in [0.05, 0.1) is 12.0 Å². The van der Waals surface area contributed by atoms with Gasteiger partial charge in [-0.25, -0.2) is 8.42 Å². The first-order valence-electron chi connectivity index (χ1n) is 7.89. The number of fused-ring (bicyclic) bond motifs is 1. The largest absolute Gasteiger partial charge is 0.493 e. The number of hydrogen-bond acceptors (Lipinski definition) is 5. The summed E-state index contributed by atoms with van der Waals surface area (Å²) in [6.45, 7) is 2.02. The Balaban J connectivity index is 2.01. The molecule has 0 fully saturated rings. The number of aryl methyl sites for hydroxylation is 1. The van der Waals surface area contributed by atoms with E-state index in [9.17, 15) is 13.7 Å². The van der Waals surface area contributed by atoms with Gasteiger partial charge in [-0.1, -0.05) is 29.8 Å². The van der Waals surface area contributed by atoms with Gasteiger partial charge in [0.1, 0.15) is 17.6 Å². The summed E-state index contributed by atoms with van der Waals surface area (Å²) in [6, 6.07) is 13.7. The van der Waals surface area contributed by atoms with Crippen LogP contribution in [-0.2, 0) is 9.84 Å². The van der Waals surface area contributed by atoms with Crippen LogP contribution in [0.4, 0.5) is 0 Å². The van der Waals surface area contributed by atoms with Crippen molar-refractivity contribution in [2.75, 3.05) is 13.7 Å². The van der Waals surface area contributed by atoms with Gasteiger partial charge in [0.25, 0.3) is 0 Å². The van der Waals surface area contributed by atoms with Crippen molar-refractivity contribution in [1.82, 2.24) is 0 Å². The van der Waals surface area contributed by atoms with Crippen LogP contribution < -0.4 is 9.47 Å². The highest BCUT2D eigenvalue weighted by atomic mass is 32.2. The molecule has 2 aromatic rings. The molecule has 6 heteroatoms. The Hall–Kier alpha value is -3.04. The van der Waals surface area contributed by atoms with Crippen LogP contribution in [0.15, 0.2) is 63.9 Å². The molecule has 0 radical (unpaired) electrons. The van der Waals surface area contributed by atoms with Gasteiger partial charge in [-0.2, -0.15) is 5.26 Å². The molecular formula is C20H17NO4S. The maximum Gasteiger partial charge on any atom is 0.216 e. The van der Waals surface area contributed by atoms with Gasteiger partial charge in [-0.05, 0) is 42.8 Å². The minimum atomic E-state index is -3.88. The summed E-state index contributed by atoms with van der Waals surface area (Å²) in [5, 5.41) is 9.40. The van der Waals surface area contributed by atoms with Gasteiger partial charge in [-0.3, -0.25) is 0 Å². The summed E-state index contributed by atoms with van der Waals surface area (Å²) in [4.78, 5) is -0.224. The van der Waals surface area contributed by atoms with Crippen molar-refractivity contribution in [3.63, 3.8) is 0 Å². The summed E-state index contributed by atoms with van der Waals surface area (Å²) in [7, 11) is -2.32. The van der Waals surface area contributed by atoms with E-state index in [0.717, 1.165) is 11.1 Å². The van der Waals surface area contributed by atoms with E-state index < -0.39 is 9.84 Å². The highest BCUT2D eigenvalue weighted by Crippen LogP contribution is 2.36. The zero-order valence-corrected chi connectivity index (χ0v) is 15.2. The van der Waals surface area contributed by atoms with Crippen molar-refractivity contribution < 1.29 is 17.9 Å². The van der Waals surface area contributed by atoms with Crippen molar-refractivity contribution in [1.29, 1.82) is 5.26 Å². The second-order valence-electron chi connectivity index (χ2n) is 5.82. The monoisotopic (exact) mass is 367 g/mol. The lowest BCUT2D eigenvalue weighted by Gasteiger charge is -2.18. The standard InChI is InChI=1S/C20H17NO4S/c1-14-6-8-17(9-7-14)26(22,23)18(12-21)11-15-10-16-4-3-5-19(24-2)20(16)25-13-15/h3-11H,13H2,1-2H3. The number of methoxy groups -OCH3 is 1. The number of para-hydroxylation sites is 1. The zero-order chi connectivity index (χ0) is 18.7. The van der Waals surface area contributed by atoms with E-state index in [2.05, 4.69) is 0 Å². The van der Waals surface area contributed by atoms with Crippen LogP contribution in [0.5, 0.6) is 11.5 Å². The minimum absolute atomic E-state index is 0.0929. The Morgan fingerprint density at radius 2 is 1.96 bits per heavy atom. The molecule has 0 N–H and O–H groups in total. The molecule has 0 aromatic heterocycles. The Kier molecular flexibility index (Phi) is 4.83. The normalized spacial score (nSPS) is 13.9. The van der Waals surface area contributed by atoms with Gasteiger partial charge in [0.15, 0.2) is 11.5 Å². The molecule has 0 atom stereocenters. The lowest BCUT2D eigenvalue weighted by Crippen LogP contribution is -2.09. The minimum Gasteiger partial charge on any atom is -0.493 e. The molecule has 0 saturated carbocycles. The maximum absolute atomic E-state index is 12.7. The molecule has 1 aliphatic heterocycles. The van der Waals surface area contributed by atoms with Crippen LogP contribution in [0, 0.1) is 18.3 Å². The first-order chi connectivity index (χ1) is 12.5. The molecule has 0 unspecified atom stereocenters. The highest BCUT2D eigenvalue weighted by molar-refractivity contribution is 7.95. The summed E-state index contributed by atoms with van der Waals surface area (Å²) in [5.41, 5.74) is 2.31. The molecule has 3 rings (SSSR count). The van der Waals surface area contributed by atoms with Crippen LogP contribution in [-0.4, -0.2) is 22.1 Å². The summed E-state index contributed by atoms with van der Waals surface area (Å²) >= 11 is 0. The van der Waals surface area contributed by atoms with Crippen LogP contribution in [0.25, 0.3) is 6.08 Å². The lowest BCUT2D eigenvalue weighted by molar-refractivity contribution is 0.318. The Labute approximate surface area is 152 Å². The van der Waals surface area contributed by atoms with Crippen molar-refractivity contribution in [2.24, 2.45) is 0 Å². The van der Waals surface area contributed by atoms with Crippen molar-refractivity contribution >= 4 is 15.9 Å². The first kappa shape index (κ1) is 17.8.